The first-order valence-electron chi connectivity index (χ1n) is 6.61. The maximum atomic E-state index is 5.62. The zero-order valence-electron chi connectivity index (χ0n) is 10.6. The number of nitrogens with one attached hydrogen (secondary N) is 1. The van der Waals surface area contributed by atoms with Crippen LogP contribution in [-0.4, -0.2) is 18.9 Å². The van der Waals surface area contributed by atoms with E-state index in [2.05, 4.69) is 26.1 Å². The summed E-state index contributed by atoms with van der Waals surface area (Å²) in [5, 5.41) is 3.24. The van der Waals surface area contributed by atoms with E-state index >= 15 is 0 Å². The van der Waals surface area contributed by atoms with Crippen LogP contribution in [0.2, 0.25) is 0 Å². The van der Waals surface area contributed by atoms with Gasteiger partial charge in [0.2, 0.25) is 0 Å². The molecular weight excluding hydrogens is 186 g/mol. The first kappa shape index (κ1) is 13.0. The Morgan fingerprint density at radius 3 is 2.47 bits per heavy atom. The molecule has 0 aliphatic carbocycles. The molecule has 1 N–H and O–H groups in total. The summed E-state index contributed by atoms with van der Waals surface area (Å²) in [4.78, 5) is 0. The molecule has 2 nitrogen and oxygen atoms in total. The van der Waals surface area contributed by atoms with Crippen molar-refractivity contribution >= 4 is 0 Å². The fourth-order valence-electron chi connectivity index (χ4n) is 1.90. The van der Waals surface area contributed by atoms with Crippen LogP contribution in [0, 0.1) is 5.92 Å². The van der Waals surface area contributed by atoms with Crippen molar-refractivity contribution in [1.29, 1.82) is 0 Å². The molecule has 0 aromatic rings. The largest absolute Gasteiger partial charge is 0.362 e. The summed E-state index contributed by atoms with van der Waals surface area (Å²) < 4.78 is 5.62. The molecule has 1 aliphatic heterocycles. The Morgan fingerprint density at radius 1 is 1.20 bits per heavy atom. The zero-order valence-corrected chi connectivity index (χ0v) is 10.6. The van der Waals surface area contributed by atoms with E-state index in [1.807, 2.05) is 0 Å². The Bertz CT molecular complexity index is 161. The molecule has 1 saturated heterocycles. The van der Waals surface area contributed by atoms with Gasteiger partial charge in [-0.1, -0.05) is 46.0 Å². The smallest absolute Gasteiger partial charge is 0.123 e. The first-order valence-corrected chi connectivity index (χ1v) is 6.61. The second-order valence-electron chi connectivity index (χ2n) is 4.99. The minimum Gasteiger partial charge on any atom is -0.362 e. The molecule has 90 valence electrons. The van der Waals surface area contributed by atoms with Crippen LogP contribution >= 0.6 is 0 Å². The van der Waals surface area contributed by atoms with Crippen LogP contribution in [0.15, 0.2) is 0 Å². The van der Waals surface area contributed by atoms with Crippen molar-refractivity contribution in [3.8, 4) is 0 Å². The van der Waals surface area contributed by atoms with Gasteiger partial charge in [-0.3, -0.25) is 5.32 Å². The highest BCUT2D eigenvalue weighted by Crippen LogP contribution is 2.16. The monoisotopic (exact) mass is 213 g/mol. The average Bonchev–Trinajstić information content (AvgIpc) is 2.91. The molecule has 1 aliphatic rings. The normalized spacial score (nSPS) is 26.6. The van der Waals surface area contributed by atoms with Crippen molar-refractivity contribution in [1.82, 2.24) is 5.32 Å². The summed E-state index contributed by atoms with van der Waals surface area (Å²) in [7, 11) is 0. The molecule has 0 bridgehead atoms. The highest BCUT2D eigenvalue weighted by atomic mass is 16.5. The van der Waals surface area contributed by atoms with Crippen molar-refractivity contribution in [2.24, 2.45) is 5.92 Å². The fourth-order valence-corrected chi connectivity index (χ4v) is 1.90. The molecule has 1 heterocycles. The molecule has 3 unspecified atom stereocenters. The number of rotatable bonds is 9. The van der Waals surface area contributed by atoms with Gasteiger partial charge in [0.1, 0.15) is 6.23 Å². The van der Waals surface area contributed by atoms with Crippen molar-refractivity contribution in [2.75, 3.05) is 6.61 Å². The lowest BCUT2D eigenvalue weighted by atomic mass is 9.98. The third-order valence-electron chi connectivity index (χ3n) is 3.21. The molecule has 0 aromatic heterocycles. The van der Waals surface area contributed by atoms with Gasteiger partial charge in [-0.05, 0) is 19.3 Å². The fraction of sp³-hybridized carbons (Fsp3) is 1.00. The van der Waals surface area contributed by atoms with Crippen LogP contribution in [0.4, 0.5) is 0 Å². The van der Waals surface area contributed by atoms with Crippen molar-refractivity contribution in [3.05, 3.63) is 0 Å². The Kier molecular flexibility index (Phi) is 6.26. The van der Waals surface area contributed by atoms with Crippen molar-refractivity contribution in [2.45, 2.75) is 71.6 Å². The van der Waals surface area contributed by atoms with Gasteiger partial charge in [0.05, 0.1) is 0 Å². The minimum absolute atomic E-state index is 0.363. The van der Waals surface area contributed by atoms with Gasteiger partial charge in [0.25, 0.3) is 0 Å². The predicted molar refractivity (Wildman–Crippen MR) is 64.9 cm³/mol. The van der Waals surface area contributed by atoms with Crippen LogP contribution in [0.5, 0.6) is 0 Å². The number of unbranched alkanes of at least 4 members (excludes halogenated alkanes) is 2. The molecule has 0 spiro atoms. The summed E-state index contributed by atoms with van der Waals surface area (Å²) in [6.07, 6.45) is 8.41. The van der Waals surface area contributed by atoms with Crippen LogP contribution in [0.3, 0.4) is 0 Å². The molecule has 0 radical (unpaired) electrons. The maximum absolute atomic E-state index is 5.62. The van der Waals surface area contributed by atoms with Gasteiger partial charge in [-0.15, -0.1) is 0 Å². The lowest BCUT2D eigenvalue weighted by Gasteiger charge is -2.10. The topological polar surface area (TPSA) is 31.2 Å². The van der Waals surface area contributed by atoms with Crippen LogP contribution in [0.25, 0.3) is 0 Å². The molecule has 15 heavy (non-hydrogen) atoms. The van der Waals surface area contributed by atoms with E-state index in [0.29, 0.717) is 12.3 Å². The first-order chi connectivity index (χ1) is 7.24. The number of hydrogen-bond donors (Lipinski definition) is 1. The summed E-state index contributed by atoms with van der Waals surface area (Å²) in [6.45, 7) is 7.74. The Labute approximate surface area is 94.8 Å². The van der Waals surface area contributed by atoms with E-state index in [0.717, 1.165) is 12.5 Å². The number of hydrogen-bond acceptors (Lipinski definition) is 2. The summed E-state index contributed by atoms with van der Waals surface area (Å²) in [5.74, 6) is 0.905. The van der Waals surface area contributed by atoms with Gasteiger partial charge in [-0.25, -0.2) is 0 Å². The molecular formula is C13H27NO. The predicted octanol–water partition coefficient (Wildman–Crippen LogP) is 3.32. The summed E-state index contributed by atoms with van der Waals surface area (Å²) in [6, 6.07) is 0.591. The molecule has 0 amide bonds. The van der Waals surface area contributed by atoms with E-state index in [1.165, 1.54) is 38.5 Å². The lowest BCUT2D eigenvalue weighted by Crippen LogP contribution is -2.02. The Hall–Kier alpha value is -0.0800. The van der Waals surface area contributed by atoms with Crippen molar-refractivity contribution in [3.63, 3.8) is 0 Å². The van der Waals surface area contributed by atoms with Crippen LogP contribution < -0.4 is 5.32 Å². The molecule has 2 heteroatoms. The Morgan fingerprint density at radius 2 is 1.87 bits per heavy atom. The lowest BCUT2D eigenvalue weighted by molar-refractivity contribution is 0.107. The van der Waals surface area contributed by atoms with E-state index in [4.69, 9.17) is 4.74 Å². The average molecular weight is 213 g/mol. The van der Waals surface area contributed by atoms with Gasteiger partial charge in [0.15, 0.2) is 0 Å². The quantitative estimate of drug-likeness (QED) is 0.470. The highest BCUT2D eigenvalue weighted by molar-refractivity contribution is 4.85. The molecule has 1 rings (SSSR count). The molecule has 3 atom stereocenters. The second-order valence-corrected chi connectivity index (χ2v) is 4.99. The molecule has 1 fully saturated rings. The summed E-state index contributed by atoms with van der Waals surface area (Å²) in [5.41, 5.74) is 0. The van der Waals surface area contributed by atoms with Gasteiger partial charge >= 0.3 is 0 Å². The second kappa shape index (κ2) is 7.24. The highest BCUT2D eigenvalue weighted by Gasteiger charge is 2.31. The SMILES string of the molecule is CCCCC(C)CCCCOC1NC1C. The molecule has 0 saturated carbocycles. The van der Waals surface area contributed by atoms with Crippen LogP contribution in [-0.2, 0) is 4.74 Å². The minimum atomic E-state index is 0.363. The van der Waals surface area contributed by atoms with E-state index in [9.17, 15) is 0 Å². The standard InChI is InChI=1S/C13H27NO/c1-4-5-8-11(2)9-6-7-10-15-13-12(3)14-13/h11-14H,4-10H2,1-3H3. The third-order valence-corrected chi connectivity index (χ3v) is 3.21. The maximum Gasteiger partial charge on any atom is 0.123 e. The van der Waals surface area contributed by atoms with Crippen molar-refractivity contribution < 1.29 is 4.74 Å². The number of ether oxygens (including phenoxy) is 1. The Balaban J connectivity index is 1.79. The van der Waals surface area contributed by atoms with Gasteiger partial charge in [0, 0.05) is 12.6 Å². The zero-order chi connectivity index (χ0) is 11.1. The van der Waals surface area contributed by atoms with E-state index in [1.54, 1.807) is 0 Å². The van der Waals surface area contributed by atoms with Gasteiger partial charge in [-0.2, -0.15) is 0 Å². The molecule has 0 aromatic carbocycles. The van der Waals surface area contributed by atoms with Gasteiger partial charge < -0.3 is 4.74 Å². The third kappa shape index (κ3) is 6.16. The summed E-state index contributed by atoms with van der Waals surface area (Å²) >= 11 is 0. The van der Waals surface area contributed by atoms with E-state index in [-0.39, 0.29) is 0 Å². The van der Waals surface area contributed by atoms with Crippen LogP contribution in [0.1, 0.15) is 59.3 Å². The van der Waals surface area contributed by atoms with E-state index < -0.39 is 0 Å².